The van der Waals surface area contributed by atoms with Gasteiger partial charge in [0.15, 0.2) is 11.5 Å². The third-order valence-corrected chi connectivity index (χ3v) is 4.72. The van der Waals surface area contributed by atoms with Gasteiger partial charge in [0.25, 0.3) is 0 Å². The van der Waals surface area contributed by atoms with Gasteiger partial charge in [-0.3, -0.25) is 4.90 Å². The molecule has 28 heavy (non-hydrogen) atoms. The summed E-state index contributed by atoms with van der Waals surface area (Å²) in [5.74, 6) is -0.121. The SMILES string of the molecule is COC(=O)C1=C(C)N(c2ccc3c(c2)OCO3)C(=O)N[C@@H]1c1ccccc1F. The summed E-state index contributed by atoms with van der Waals surface area (Å²) in [5, 5.41) is 2.70. The molecule has 2 aromatic rings. The number of esters is 1. The molecule has 2 amide bonds. The van der Waals surface area contributed by atoms with Gasteiger partial charge in [-0.05, 0) is 25.1 Å². The number of hydrogen-bond acceptors (Lipinski definition) is 5. The fourth-order valence-electron chi connectivity index (χ4n) is 3.40. The van der Waals surface area contributed by atoms with Gasteiger partial charge in [0, 0.05) is 17.3 Å². The quantitative estimate of drug-likeness (QED) is 0.822. The molecule has 2 aliphatic rings. The van der Waals surface area contributed by atoms with Gasteiger partial charge in [-0.2, -0.15) is 0 Å². The number of fused-ring (bicyclic) bond motifs is 1. The first kappa shape index (κ1) is 17.8. The number of carbonyl (C=O) groups excluding carboxylic acids is 2. The molecule has 4 rings (SSSR count). The third-order valence-electron chi connectivity index (χ3n) is 4.72. The van der Waals surface area contributed by atoms with Crippen molar-refractivity contribution in [3.63, 3.8) is 0 Å². The number of halogens is 1. The van der Waals surface area contributed by atoms with Gasteiger partial charge in [-0.25, -0.2) is 14.0 Å². The Bertz CT molecular complexity index is 1000. The van der Waals surface area contributed by atoms with Crippen molar-refractivity contribution in [3.05, 3.63) is 65.1 Å². The van der Waals surface area contributed by atoms with Gasteiger partial charge in [-0.1, -0.05) is 18.2 Å². The molecule has 0 fully saturated rings. The number of rotatable bonds is 3. The van der Waals surface area contributed by atoms with Crippen LogP contribution < -0.4 is 19.7 Å². The molecule has 2 aromatic carbocycles. The second-order valence-electron chi connectivity index (χ2n) is 6.27. The highest BCUT2D eigenvalue weighted by Gasteiger charge is 2.38. The van der Waals surface area contributed by atoms with Crippen LogP contribution in [0, 0.1) is 5.82 Å². The fraction of sp³-hybridized carbons (Fsp3) is 0.200. The van der Waals surface area contributed by atoms with E-state index < -0.39 is 23.9 Å². The largest absolute Gasteiger partial charge is 0.466 e. The Labute approximate surface area is 160 Å². The zero-order chi connectivity index (χ0) is 19.8. The number of anilines is 1. The van der Waals surface area contributed by atoms with E-state index in [0.717, 1.165) is 0 Å². The lowest BCUT2D eigenvalue weighted by Gasteiger charge is -2.35. The highest BCUT2D eigenvalue weighted by molar-refractivity contribution is 6.03. The lowest BCUT2D eigenvalue weighted by atomic mass is 9.94. The van der Waals surface area contributed by atoms with Crippen molar-refractivity contribution in [1.82, 2.24) is 5.32 Å². The van der Waals surface area contributed by atoms with Crippen molar-refractivity contribution in [2.75, 3.05) is 18.8 Å². The number of carbonyl (C=O) groups is 2. The monoisotopic (exact) mass is 384 g/mol. The van der Waals surface area contributed by atoms with Crippen LogP contribution in [-0.4, -0.2) is 25.9 Å². The Morgan fingerprint density at radius 1 is 1.21 bits per heavy atom. The summed E-state index contributed by atoms with van der Waals surface area (Å²) in [4.78, 5) is 26.7. The van der Waals surface area contributed by atoms with Crippen LogP contribution in [0.4, 0.5) is 14.9 Å². The molecule has 0 bridgehead atoms. The van der Waals surface area contributed by atoms with E-state index in [1.54, 1.807) is 31.2 Å². The molecule has 7 nitrogen and oxygen atoms in total. The molecule has 0 aliphatic carbocycles. The lowest BCUT2D eigenvalue weighted by Crippen LogP contribution is -2.48. The second kappa shape index (κ2) is 6.88. The number of benzene rings is 2. The third kappa shape index (κ3) is 2.83. The minimum atomic E-state index is -0.966. The van der Waals surface area contributed by atoms with Crippen molar-refractivity contribution in [2.24, 2.45) is 0 Å². The number of urea groups is 1. The highest BCUT2D eigenvalue weighted by atomic mass is 19.1. The molecule has 0 saturated heterocycles. The van der Waals surface area contributed by atoms with Crippen LogP contribution in [-0.2, 0) is 9.53 Å². The maximum absolute atomic E-state index is 14.4. The van der Waals surface area contributed by atoms with E-state index in [1.807, 2.05) is 0 Å². The number of ether oxygens (including phenoxy) is 3. The molecule has 0 saturated carbocycles. The topological polar surface area (TPSA) is 77.1 Å². The lowest BCUT2D eigenvalue weighted by molar-refractivity contribution is -0.136. The normalized spacial score (nSPS) is 18.2. The zero-order valence-corrected chi connectivity index (χ0v) is 15.2. The molecule has 0 radical (unpaired) electrons. The molecule has 1 N–H and O–H groups in total. The van der Waals surface area contributed by atoms with Crippen LogP contribution in [0.2, 0.25) is 0 Å². The van der Waals surface area contributed by atoms with Crippen LogP contribution in [0.3, 0.4) is 0 Å². The van der Waals surface area contributed by atoms with E-state index in [9.17, 15) is 14.0 Å². The Balaban J connectivity index is 1.84. The van der Waals surface area contributed by atoms with Crippen molar-refractivity contribution in [3.8, 4) is 11.5 Å². The molecule has 2 heterocycles. The Morgan fingerprint density at radius 3 is 2.71 bits per heavy atom. The van der Waals surface area contributed by atoms with E-state index in [2.05, 4.69) is 5.32 Å². The fourth-order valence-corrected chi connectivity index (χ4v) is 3.40. The van der Waals surface area contributed by atoms with Gasteiger partial charge in [-0.15, -0.1) is 0 Å². The molecule has 2 aliphatic heterocycles. The maximum atomic E-state index is 14.4. The molecule has 0 aromatic heterocycles. The van der Waals surface area contributed by atoms with Crippen LogP contribution in [0.15, 0.2) is 53.7 Å². The minimum absolute atomic E-state index is 0.0998. The summed E-state index contributed by atoms with van der Waals surface area (Å²) < 4.78 is 29.9. The van der Waals surface area contributed by atoms with E-state index in [4.69, 9.17) is 14.2 Å². The number of methoxy groups -OCH3 is 1. The Morgan fingerprint density at radius 2 is 1.96 bits per heavy atom. The smallest absolute Gasteiger partial charge is 0.337 e. The van der Waals surface area contributed by atoms with Crippen molar-refractivity contribution < 1.29 is 28.2 Å². The van der Waals surface area contributed by atoms with Gasteiger partial charge >= 0.3 is 12.0 Å². The highest BCUT2D eigenvalue weighted by Crippen LogP contribution is 2.39. The second-order valence-corrected chi connectivity index (χ2v) is 6.27. The van der Waals surface area contributed by atoms with Gasteiger partial charge < -0.3 is 19.5 Å². The van der Waals surface area contributed by atoms with Gasteiger partial charge in [0.1, 0.15) is 5.82 Å². The predicted molar refractivity (Wildman–Crippen MR) is 97.4 cm³/mol. The molecular weight excluding hydrogens is 367 g/mol. The number of amides is 2. The average molecular weight is 384 g/mol. The van der Waals surface area contributed by atoms with E-state index in [0.29, 0.717) is 22.9 Å². The molecule has 8 heteroatoms. The number of nitrogens with zero attached hydrogens (tertiary/aromatic N) is 1. The maximum Gasteiger partial charge on any atom is 0.337 e. The average Bonchev–Trinajstić information content (AvgIpc) is 3.15. The van der Waals surface area contributed by atoms with E-state index in [-0.39, 0.29) is 17.9 Å². The van der Waals surface area contributed by atoms with Gasteiger partial charge in [0.2, 0.25) is 6.79 Å². The summed E-state index contributed by atoms with van der Waals surface area (Å²) in [5.41, 5.74) is 1.14. The summed E-state index contributed by atoms with van der Waals surface area (Å²) in [6.45, 7) is 1.71. The Hall–Kier alpha value is -3.55. The number of hydrogen-bond donors (Lipinski definition) is 1. The first-order valence-electron chi connectivity index (χ1n) is 8.55. The van der Waals surface area contributed by atoms with E-state index >= 15 is 0 Å². The first-order valence-corrected chi connectivity index (χ1v) is 8.55. The minimum Gasteiger partial charge on any atom is -0.466 e. The molecule has 1 atom stereocenters. The standard InChI is InChI=1S/C20H17FN2O5/c1-11-17(19(24)26-2)18(13-5-3-4-6-14(13)21)22-20(25)23(11)12-7-8-15-16(9-12)28-10-27-15/h3-9,18H,10H2,1-2H3,(H,22,25)/t18-/m1/s1. The summed E-state index contributed by atoms with van der Waals surface area (Å²) in [7, 11) is 1.24. The van der Waals surface area contributed by atoms with Crippen molar-refractivity contribution in [1.29, 1.82) is 0 Å². The summed E-state index contributed by atoms with van der Waals surface area (Å²) in [6.07, 6.45) is 0. The molecular formula is C20H17FN2O5. The van der Waals surface area contributed by atoms with Crippen LogP contribution in [0.25, 0.3) is 0 Å². The Kier molecular flexibility index (Phi) is 4.38. The van der Waals surface area contributed by atoms with Crippen LogP contribution >= 0.6 is 0 Å². The molecule has 144 valence electrons. The molecule has 0 spiro atoms. The first-order chi connectivity index (χ1) is 13.5. The molecule has 0 unspecified atom stereocenters. The van der Waals surface area contributed by atoms with E-state index in [1.165, 1.54) is 30.2 Å². The van der Waals surface area contributed by atoms with Crippen LogP contribution in [0.1, 0.15) is 18.5 Å². The predicted octanol–water partition coefficient (Wildman–Crippen LogP) is 3.27. The van der Waals surface area contributed by atoms with Gasteiger partial charge in [0.05, 0.1) is 24.4 Å². The van der Waals surface area contributed by atoms with Crippen molar-refractivity contribution >= 4 is 17.7 Å². The van der Waals surface area contributed by atoms with Crippen molar-refractivity contribution in [2.45, 2.75) is 13.0 Å². The number of nitrogens with one attached hydrogen (secondary N) is 1. The summed E-state index contributed by atoms with van der Waals surface area (Å²) >= 11 is 0. The zero-order valence-electron chi connectivity index (χ0n) is 15.2. The summed E-state index contributed by atoms with van der Waals surface area (Å²) in [6, 6.07) is 9.50. The van der Waals surface area contributed by atoms with Crippen LogP contribution in [0.5, 0.6) is 11.5 Å². The number of allylic oxidation sites excluding steroid dienone is 1.